The zero-order valence-corrected chi connectivity index (χ0v) is 14.9. The molecule has 6 heteroatoms. The van der Waals surface area contributed by atoms with E-state index in [1.807, 2.05) is 29.1 Å². The van der Waals surface area contributed by atoms with E-state index in [1.165, 1.54) is 5.56 Å². The van der Waals surface area contributed by atoms with Crippen LogP contribution in [0.15, 0.2) is 42.6 Å². The minimum Gasteiger partial charge on any atom is -0.375 e. The number of amides is 1. The van der Waals surface area contributed by atoms with Gasteiger partial charge in [0.2, 0.25) is 0 Å². The average Bonchev–Trinajstić information content (AvgIpc) is 3.16. The van der Waals surface area contributed by atoms with E-state index in [-0.39, 0.29) is 12.0 Å². The molecule has 25 heavy (non-hydrogen) atoms. The molecule has 2 heterocycles. The van der Waals surface area contributed by atoms with Crippen molar-refractivity contribution < 1.29 is 9.53 Å². The van der Waals surface area contributed by atoms with E-state index in [0.717, 1.165) is 32.5 Å². The smallest absolute Gasteiger partial charge is 0.271 e. The number of nitrogens with zero attached hydrogens (tertiary/aromatic N) is 3. The second kappa shape index (κ2) is 8.27. The highest BCUT2D eigenvalue weighted by atomic mass is 16.5. The van der Waals surface area contributed by atoms with Crippen LogP contribution in [0.2, 0.25) is 0 Å². The summed E-state index contributed by atoms with van der Waals surface area (Å²) >= 11 is 0. The van der Waals surface area contributed by atoms with Crippen LogP contribution in [0.25, 0.3) is 0 Å². The van der Waals surface area contributed by atoms with Crippen molar-refractivity contribution in [2.75, 3.05) is 33.8 Å². The molecule has 6 nitrogen and oxygen atoms in total. The van der Waals surface area contributed by atoms with Crippen molar-refractivity contribution in [3.05, 3.63) is 53.9 Å². The first kappa shape index (κ1) is 17.6. The highest BCUT2D eigenvalue weighted by Crippen LogP contribution is 2.25. The molecule has 1 fully saturated rings. The fourth-order valence-electron chi connectivity index (χ4n) is 3.42. The molecule has 0 saturated carbocycles. The molecule has 0 spiro atoms. The van der Waals surface area contributed by atoms with Gasteiger partial charge in [-0.05, 0) is 31.0 Å². The molecular weight excluding hydrogens is 316 g/mol. The van der Waals surface area contributed by atoms with Crippen LogP contribution in [-0.2, 0) is 4.74 Å². The first-order valence-corrected chi connectivity index (χ1v) is 8.78. The number of carbonyl (C=O) groups is 1. The van der Waals surface area contributed by atoms with Crippen molar-refractivity contribution in [1.29, 1.82) is 0 Å². The predicted molar refractivity (Wildman–Crippen MR) is 96.5 cm³/mol. The molecule has 1 aromatic carbocycles. The summed E-state index contributed by atoms with van der Waals surface area (Å²) in [5.41, 5.74) is 1.67. The summed E-state index contributed by atoms with van der Waals surface area (Å²) in [7, 11) is 3.39. The van der Waals surface area contributed by atoms with Gasteiger partial charge in [-0.1, -0.05) is 30.3 Å². The maximum atomic E-state index is 11.7. The SMILES string of the molecule is CNC(=O)c1ccn([C@@H]2CCCN(C[C@H](OC)c3ccccc3)C2)n1. The van der Waals surface area contributed by atoms with E-state index in [2.05, 4.69) is 27.4 Å². The topological polar surface area (TPSA) is 59.4 Å². The summed E-state index contributed by atoms with van der Waals surface area (Å²) in [6.07, 6.45) is 4.17. The van der Waals surface area contributed by atoms with Crippen LogP contribution in [0.5, 0.6) is 0 Å². The Labute approximate surface area is 148 Å². The predicted octanol–water partition coefficient (Wildman–Crippen LogP) is 2.27. The summed E-state index contributed by atoms with van der Waals surface area (Å²) in [6.45, 7) is 2.84. The highest BCUT2D eigenvalue weighted by molar-refractivity contribution is 5.91. The van der Waals surface area contributed by atoms with E-state index in [0.29, 0.717) is 11.7 Å². The maximum Gasteiger partial charge on any atom is 0.271 e. The third kappa shape index (κ3) is 4.27. The quantitative estimate of drug-likeness (QED) is 0.875. The Morgan fingerprint density at radius 3 is 2.88 bits per heavy atom. The lowest BCUT2D eigenvalue weighted by Gasteiger charge is -2.34. The summed E-state index contributed by atoms with van der Waals surface area (Å²) < 4.78 is 7.64. The Bertz CT molecular complexity index is 686. The number of aromatic nitrogens is 2. The molecular formula is C19H26N4O2. The van der Waals surface area contributed by atoms with Gasteiger partial charge in [0.05, 0.1) is 12.1 Å². The fraction of sp³-hybridized carbons (Fsp3) is 0.474. The third-order valence-corrected chi connectivity index (χ3v) is 4.80. The van der Waals surface area contributed by atoms with Gasteiger partial charge in [-0.3, -0.25) is 14.4 Å². The molecule has 1 aromatic heterocycles. The van der Waals surface area contributed by atoms with Gasteiger partial charge in [-0.15, -0.1) is 0 Å². The van der Waals surface area contributed by atoms with Crippen LogP contribution < -0.4 is 5.32 Å². The van der Waals surface area contributed by atoms with Crippen molar-refractivity contribution in [2.45, 2.75) is 25.0 Å². The van der Waals surface area contributed by atoms with E-state index < -0.39 is 0 Å². The van der Waals surface area contributed by atoms with Crippen molar-refractivity contribution in [3.8, 4) is 0 Å². The molecule has 134 valence electrons. The van der Waals surface area contributed by atoms with Gasteiger partial charge in [0.15, 0.2) is 0 Å². The van der Waals surface area contributed by atoms with Gasteiger partial charge in [0.1, 0.15) is 5.69 Å². The fourth-order valence-corrected chi connectivity index (χ4v) is 3.42. The van der Waals surface area contributed by atoms with Crippen LogP contribution >= 0.6 is 0 Å². The Hall–Kier alpha value is -2.18. The first-order chi connectivity index (χ1) is 12.2. The van der Waals surface area contributed by atoms with Crippen LogP contribution in [0.3, 0.4) is 0 Å². The Kier molecular flexibility index (Phi) is 5.83. The normalized spacial score (nSPS) is 19.5. The zero-order valence-electron chi connectivity index (χ0n) is 14.9. The summed E-state index contributed by atoms with van der Waals surface area (Å²) in [4.78, 5) is 14.1. The van der Waals surface area contributed by atoms with Crippen LogP contribution in [-0.4, -0.2) is 54.4 Å². The molecule has 1 N–H and O–H groups in total. The Morgan fingerprint density at radius 1 is 1.36 bits per heavy atom. The van der Waals surface area contributed by atoms with Crippen molar-refractivity contribution >= 4 is 5.91 Å². The number of benzene rings is 1. The molecule has 1 aliphatic rings. The molecule has 3 rings (SSSR count). The Balaban J connectivity index is 1.64. The van der Waals surface area contributed by atoms with Crippen molar-refractivity contribution in [1.82, 2.24) is 20.0 Å². The lowest BCUT2D eigenvalue weighted by molar-refractivity contribution is 0.0474. The lowest BCUT2D eigenvalue weighted by Crippen LogP contribution is -2.39. The monoisotopic (exact) mass is 342 g/mol. The van der Waals surface area contributed by atoms with E-state index in [4.69, 9.17) is 4.74 Å². The average molecular weight is 342 g/mol. The number of nitrogens with one attached hydrogen (secondary N) is 1. The largest absolute Gasteiger partial charge is 0.375 e. The van der Waals surface area contributed by atoms with E-state index in [9.17, 15) is 4.79 Å². The second-order valence-corrected chi connectivity index (χ2v) is 6.45. The standard InChI is InChI=1S/C19H26N4O2/c1-20-19(24)17-10-12-23(21-17)16-9-6-11-22(13-16)14-18(25-2)15-7-4-3-5-8-15/h3-5,7-8,10,12,16,18H,6,9,11,13-14H2,1-2H3,(H,20,24)/t16-,18+/m1/s1. The maximum absolute atomic E-state index is 11.7. The molecule has 0 bridgehead atoms. The number of hydrogen-bond acceptors (Lipinski definition) is 4. The van der Waals surface area contributed by atoms with Crippen LogP contribution in [0, 0.1) is 0 Å². The molecule has 2 aromatic rings. The van der Waals surface area contributed by atoms with Gasteiger partial charge in [0.25, 0.3) is 5.91 Å². The van der Waals surface area contributed by atoms with Gasteiger partial charge >= 0.3 is 0 Å². The van der Waals surface area contributed by atoms with E-state index >= 15 is 0 Å². The molecule has 2 atom stereocenters. The number of rotatable bonds is 6. The first-order valence-electron chi connectivity index (χ1n) is 8.78. The number of hydrogen-bond donors (Lipinski definition) is 1. The minimum atomic E-state index is -0.144. The van der Waals surface area contributed by atoms with Crippen LogP contribution in [0.1, 0.15) is 41.0 Å². The van der Waals surface area contributed by atoms with Gasteiger partial charge in [0, 0.05) is 33.4 Å². The molecule has 1 aliphatic heterocycles. The second-order valence-electron chi connectivity index (χ2n) is 6.45. The molecule has 0 unspecified atom stereocenters. The number of ether oxygens (including phenoxy) is 1. The molecule has 0 aliphatic carbocycles. The summed E-state index contributed by atoms with van der Waals surface area (Å²) in [5.74, 6) is -0.144. The number of carbonyl (C=O) groups excluding carboxylic acids is 1. The number of likely N-dealkylation sites (tertiary alicyclic amines) is 1. The Morgan fingerprint density at radius 2 is 2.16 bits per heavy atom. The van der Waals surface area contributed by atoms with Gasteiger partial charge in [-0.2, -0.15) is 5.10 Å². The summed E-state index contributed by atoms with van der Waals surface area (Å²) in [5, 5.41) is 7.06. The zero-order chi connectivity index (χ0) is 17.6. The van der Waals surface area contributed by atoms with Gasteiger partial charge in [-0.25, -0.2) is 0 Å². The molecule has 0 radical (unpaired) electrons. The van der Waals surface area contributed by atoms with E-state index in [1.54, 1.807) is 20.2 Å². The molecule has 1 amide bonds. The lowest BCUT2D eigenvalue weighted by atomic mass is 10.0. The van der Waals surface area contributed by atoms with Crippen LogP contribution in [0.4, 0.5) is 0 Å². The van der Waals surface area contributed by atoms with Crippen molar-refractivity contribution in [3.63, 3.8) is 0 Å². The van der Waals surface area contributed by atoms with Crippen molar-refractivity contribution in [2.24, 2.45) is 0 Å². The minimum absolute atomic E-state index is 0.0685. The third-order valence-electron chi connectivity index (χ3n) is 4.80. The number of piperidine rings is 1. The van der Waals surface area contributed by atoms with Gasteiger partial charge < -0.3 is 10.1 Å². The highest BCUT2D eigenvalue weighted by Gasteiger charge is 2.25. The number of methoxy groups -OCH3 is 1. The molecule has 1 saturated heterocycles. The summed E-state index contributed by atoms with van der Waals surface area (Å²) in [6, 6.07) is 12.4.